The number of rotatable bonds is 6. The first-order valence-electron chi connectivity index (χ1n) is 15.4. The number of benzene rings is 1. The minimum absolute atomic E-state index is 0.0119. The second kappa shape index (κ2) is 10.7. The van der Waals surface area contributed by atoms with Gasteiger partial charge in [-0.25, -0.2) is 4.79 Å². The second-order valence-electron chi connectivity index (χ2n) is 13.8. The maximum atomic E-state index is 14.1. The lowest BCUT2D eigenvalue weighted by atomic mass is 9.49. The summed E-state index contributed by atoms with van der Waals surface area (Å²) in [6, 6.07) is 8.44. The summed E-state index contributed by atoms with van der Waals surface area (Å²) in [6.07, 6.45) is -4.87. The molecule has 2 saturated carbocycles. The summed E-state index contributed by atoms with van der Waals surface area (Å²) in [5, 5.41) is 23.9. The zero-order valence-electron chi connectivity index (χ0n) is 26.5. The quantitative estimate of drug-likeness (QED) is 0.273. The van der Waals surface area contributed by atoms with Crippen molar-refractivity contribution in [2.45, 2.75) is 108 Å². The molecule has 11 nitrogen and oxygen atoms in total. The second-order valence-corrected chi connectivity index (χ2v) is 13.8. The van der Waals surface area contributed by atoms with Crippen LogP contribution in [0, 0.1) is 16.7 Å². The number of aliphatic hydroxyl groups excluding tert-OH is 1. The van der Waals surface area contributed by atoms with Crippen molar-refractivity contribution in [3.05, 3.63) is 59.7 Å². The molecule has 2 heterocycles. The Balaban J connectivity index is 1.70. The molecule has 244 valence electrons. The standard InChI is InChI=1S/C34H42O11/c1-8-24-42-22-14-23-34(16-40-23,45-19(4)36)27-29(44-30(38)20-12-10-9-11-13-20)33(31(5,6)39)15-21(37)17(2)25(33)26(41-18(3)35)28(43-24)32(22,27)7/h8-13,21-24,26-29,37,39H,1,14-16H2,2-7H3/t21-,22-,23+,24-,26-,27-,28-,29-,32+,33?,34-/m0/s1. The molecule has 0 spiro atoms. The number of esters is 3. The molecular formula is C34H42O11. The number of carbonyl (C=O) groups excluding carboxylic acids is 3. The highest BCUT2D eigenvalue weighted by molar-refractivity contribution is 5.89. The van der Waals surface area contributed by atoms with Gasteiger partial charge < -0.3 is 38.6 Å². The molecular weight excluding hydrogens is 584 g/mol. The maximum absolute atomic E-state index is 14.1. The maximum Gasteiger partial charge on any atom is 0.338 e. The van der Waals surface area contributed by atoms with Gasteiger partial charge in [-0.1, -0.05) is 31.7 Å². The Morgan fingerprint density at radius 1 is 1.07 bits per heavy atom. The fourth-order valence-corrected chi connectivity index (χ4v) is 9.10. The van der Waals surface area contributed by atoms with Crippen LogP contribution in [-0.4, -0.2) is 88.8 Å². The van der Waals surface area contributed by atoms with Gasteiger partial charge in [0.05, 0.1) is 41.3 Å². The van der Waals surface area contributed by atoms with E-state index in [0.29, 0.717) is 17.6 Å². The predicted molar refractivity (Wildman–Crippen MR) is 157 cm³/mol. The van der Waals surface area contributed by atoms with Gasteiger partial charge in [0.25, 0.3) is 0 Å². The van der Waals surface area contributed by atoms with Crippen molar-refractivity contribution in [3.8, 4) is 0 Å². The highest BCUT2D eigenvalue weighted by Crippen LogP contribution is 2.69. The molecule has 2 aliphatic heterocycles. The molecule has 4 fully saturated rings. The molecule has 0 radical (unpaired) electrons. The van der Waals surface area contributed by atoms with Crippen molar-refractivity contribution in [2.75, 3.05) is 6.61 Å². The van der Waals surface area contributed by atoms with Gasteiger partial charge in [0, 0.05) is 25.7 Å². The lowest BCUT2D eigenvalue weighted by Crippen LogP contribution is -2.80. The van der Waals surface area contributed by atoms with Crippen LogP contribution >= 0.6 is 0 Å². The van der Waals surface area contributed by atoms with Crippen LogP contribution < -0.4 is 0 Å². The molecule has 2 N–H and O–H groups in total. The number of hydrogen-bond donors (Lipinski definition) is 2. The summed E-state index contributed by atoms with van der Waals surface area (Å²) in [4.78, 5) is 39.8. The van der Waals surface area contributed by atoms with E-state index in [-0.39, 0.29) is 18.6 Å². The molecule has 0 amide bonds. The highest BCUT2D eigenvalue weighted by atomic mass is 16.7. The summed E-state index contributed by atoms with van der Waals surface area (Å²) in [5.41, 5.74) is -4.58. The van der Waals surface area contributed by atoms with Crippen molar-refractivity contribution in [1.82, 2.24) is 0 Å². The van der Waals surface area contributed by atoms with Crippen LogP contribution in [0.25, 0.3) is 0 Å². The van der Waals surface area contributed by atoms with Crippen molar-refractivity contribution in [2.24, 2.45) is 16.7 Å². The first-order chi connectivity index (χ1) is 21.1. The Morgan fingerprint density at radius 3 is 2.31 bits per heavy atom. The van der Waals surface area contributed by atoms with Crippen LogP contribution in [0.1, 0.15) is 64.7 Å². The molecule has 11 atom stereocenters. The SMILES string of the molecule is C=C[C@H]1O[C@H]2C[C@H]3OC[C@@]3(OC(C)=O)[C@H]3[C@H](OC(=O)c4ccccc4)C4(C(C)(C)O)C[C@H](O)C(C)=C4[C@H](OC(C)=O)[C@H](O1)[C@]23C. The van der Waals surface area contributed by atoms with E-state index in [0.717, 1.165) is 0 Å². The van der Waals surface area contributed by atoms with Gasteiger partial charge in [-0.3, -0.25) is 9.59 Å². The first kappa shape index (κ1) is 31.9. The van der Waals surface area contributed by atoms with Crippen LogP contribution in [0.2, 0.25) is 0 Å². The molecule has 1 aromatic rings. The summed E-state index contributed by atoms with van der Waals surface area (Å²) in [5.74, 6) is -2.77. The molecule has 0 aromatic heterocycles. The number of hydrogen-bond acceptors (Lipinski definition) is 11. The van der Waals surface area contributed by atoms with Crippen LogP contribution in [0.3, 0.4) is 0 Å². The lowest BCUT2D eigenvalue weighted by Gasteiger charge is -2.67. The van der Waals surface area contributed by atoms with Gasteiger partial charge >= 0.3 is 17.9 Å². The van der Waals surface area contributed by atoms with Crippen molar-refractivity contribution in [3.63, 3.8) is 0 Å². The Hall–Kier alpha value is -3.09. The van der Waals surface area contributed by atoms with Gasteiger partial charge in [0.1, 0.15) is 18.3 Å². The normalized spacial score (nSPS) is 41.8. The van der Waals surface area contributed by atoms with Crippen molar-refractivity contribution in [1.29, 1.82) is 0 Å². The minimum Gasteiger partial charge on any atom is -0.457 e. The Labute approximate surface area is 262 Å². The Morgan fingerprint density at radius 2 is 1.76 bits per heavy atom. The molecule has 5 aliphatic rings. The van der Waals surface area contributed by atoms with Gasteiger partial charge in [-0.2, -0.15) is 0 Å². The van der Waals surface area contributed by atoms with Crippen LogP contribution in [0.4, 0.5) is 0 Å². The molecule has 0 bridgehead atoms. The number of carbonyl (C=O) groups is 3. The van der Waals surface area contributed by atoms with E-state index in [4.69, 9.17) is 28.4 Å². The molecule has 1 unspecified atom stereocenters. The number of aliphatic hydroxyl groups is 2. The Kier molecular flexibility index (Phi) is 7.60. The number of fused-ring (bicyclic) bond motifs is 3. The van der Waals surface area contributed by atoms with E-state index in [1.54, 1.807) is 51.1 Å². The average molecular weight is 627 g/mol. The van der Waals surface area contributed by atoms with Crippen molar-refractivity contribution >= 4 is 17.9 Å². The van der Waals surface area contributed by atoms with E-state index >= 15 is 0 Å². The molecule has 6 rings (SSSR count). The molecule has 2 saturated heterocycles. The highest BCUT2D eigenvalue weighted by Gasteiger charge is 2.80. The third-order valence-electron chi connectivity index (χ3n) is 11.0. The lowest BCUT2D eigenvalue weighted by molar-refractivity contribution is -0.392. The summed E-state index contributed by atoms with van der Waals surface area (Å²) >= 11 is 0. The largest absolute Gasteiger partial charge is 0.457 e. The van der Waals surface area contributed by atoms with Gasteiger partial charge in [-0.15, -0.1) is 0 Å². The van der Waals surface area contributed by atoms with Crippen LogP contribution in [-0.2, 0) is 38.0 Å². The van der Waals surface area contributed by atoms with E-state index in [9.17, 15) is 24.6 Å². The van der Waals surface area contributed by atoms with Gasteiger partial charge in [0.2, 0.25) is 0 Å². The molecule has 11 heteroatoms. The summed E-state index contributed by atoms with van der Waals surface area (Å²) in [6.45, 7) is 13.2. The van der Waals surface area contributed by atoms with E-state index < -0.39 is 88.8 Å². The minimum atomic E-state index is -1.69. The Bertz CT molecular complexity index is 1430. The molecule has 3 aliphatic carbocycles. The van der Waals surface area contributed by atoms with Crippen LogP contribution in [0.15, 0.2) is 54.1 Å². The fraction of sp³-hybridized carbons (Fsp3) is 0.618. The van der Waals surface area contributed by atoms with E-state index in [2.05, 4.69) is 6.58 Å². The monoisotopic (exact) mass is 626 g/mol. The fourth-order valence-electron chi connectivity index (χ4n) is 9.10. The predicted octanol–water partition coefficient (Wildman–Crippen LogP) is 3.02. The first-order valence-corrected chi connectivity index (χ1v) is 15.4. The van der Waals surface area contributed by atoms with Crippen LogP contribution in [0.5, 0.6) is 0 Å². The van der Waals surface area contributed by atoms with Gasteiger partial charge in [-0.05, 0) is 56.5 Å². The van der Waals surface area contributed by atoms with Crippen molar-refractivity contribution < 1.29 is 53.0 Å². The van der Waals surface area contributed by atoms with Gasteiger partial charge in [0.15, 0.2) is 18.0 Å². The zero-order chi connectivity index (χ0) is 32.7. The van der Waals surface area contributed by atoms with E-state index in [1.165, 1.54) is 19.9 Å². The zero-order valence-corrected chi connectivity index (χ0v) is 26.5. The topological polar surface area (TPSA) is 147 Å². The van der Waals surface area contributed by atoms with E-state index in [1.807, 2.05) is 6.92 Å². The number of ether oxygens (including phenoxy) is 6. The smallest absolute Gasteiger partial charge is 0.338 e. The molecule has 45 heavy (non-hydrogen) atoms. The summed E-state index contributed by atoms with van der Waals surface area (Å²) in [7, 11) is 0. The molecule has 1 aromatic carbocycles. The average Bonchev–Trinajstić information content (AvgIpc) is 3.20. The summed E-state index contributed by atoms with van der Waals surface area (Å²) < 4.78 is 38.1. The third-order valence-corrected chi connectivity index (χ3v) is 11.0. The third kappa shape index (κ3) is 4.46.